The van der Waals surface area contributed by atoms with Gasteiger partial charge in [-0.1, -0.05) is 30.3 Å². The van der Waals surface area contributed by atoms with Crippen molar-refractivity contribution in [3.8, 4) is 5.69 Å². The van der Waals surface area contributed by atoms with Gasteiger partial charge in [0.1, 0.15) is 17.7 Å². The number of nitrogens with zero attached hydrogens (tertiary/aromatic N) is 4. The third kappa shape index (κ3) is 5.68. The van der Waals surface area contributed by atoms with E-state index in [4.69, 9.17) is 9.84 Å². The number of hydrogen-bond donors (Lipinski definition) is 2. The van der Waals surface area contributed by atoms with Crippen molar-refractivity contribution in [3.05, 3.63) is 66.5 Å². The molecule has 9 heteroatoms. The average Bonchev–Trinajstić information content (AvgIpc) is 3.28. The third-order valence-electron chi connectivity index (χ3n) is 5.80. The number of carbonyl (C=O) groups excluding carboxylic acids is 1. The fourth-order valence-electron chi connectivity index (χ4n) is 3.99. The first-order valence-electron chi connectivity index (χ1n) is 11.0. The molecule has 1 amide bonds. The minimum atomic E-state index is -0.738. The molecule has 1 saturated heterocycles. The zero-order valence-electron chi connectivity index (χ0n) is 18.4. The van der Waals surface area contributed by atoms with Crippen LogP contribution in [0, 0.1) is 5.92 Å². The summed E-state index contributed by atoms with van der Waals surface area (Å²) in [5.74, 6) is 0.799. The molecule has 1 aromatic carbocycles. The molecule has 1 fully saturated rings. The summed E-state index contributed by atoms with van der Waals surface area (Å²) in [6, 6.07) is 15.0. The van der Waals surface area contributed by atoms with Gasteiger partial charge in [-0.05, 0) is 43.4 Å². The summed E-state index contributed by atoms with van der Waals surface area (Å²) in [6.45, 7) is 3.38. The SMILES string of the molecule is CC(OC(=O)Nc1ccnn1-c1ccc(N2CCC(CC(=O)O)CC2)nc1)c1ccccc1. The first kappa shape index (κ1) is 22.3. The van der Waals surface area contributed by atoms with Crippen LogP contribution in [0.1, 0.15) is 37.9 Å². The Kier molecular flexibility index (Phi) is 6.87. The second-order valence-electron chi connectivity index (χ2n) is 8.11. The van der Waals surface area contributed by atoms with Crippen molar-refractivity contribution in [1.29, 1.82) is 0 Å². The number of rotatable bonds is 7. The molecular formula is C24H27N5O4. The Balaban J connectivity index is 1.36. The van der Waals surface area contributed by atoms with Crippen LogP contribution in [-0.4, -0.2) is 45.0 Å². The van der Waals surface area contributed by atoms with E-state index in [1.54, 1.807) is 23.1 Å². The van der Waals surface area contributed by atoms with Gasteiger partial charge in [0.15, 0.2) is 0 Å². The first-order chi connectivity index (χ1) is 16.0. The number of hydrogen-bond acceptors (Lipinski definition) is 6. The number of carboxylic acid groups (broad SMARTS) is 1. The van der Waals surface area contributed by atoms with Crippen molar-refractivity contribution >= 4 is 23.7 Å². The van der Waals surface area contributed by atoms with Gasteiger partial charge in [0.25, 0.3) is 0 Å². The van der Waals surface area contributed by atoms with Crippen LogP contribution < -0.4 is 10.2 Å². The van der Waals surface area contributed by atoms with Crippen LogP contribution in [0.25, 0.3) is 5.69 Å². The molecule has 0 aliphatic carbocycles. The molecule has 3 aromatic rings. The minimum Gasteiger partial charge on any atom is -0.481 e. The summed E-state index contributed by atoms with van der Waals surface area (Å²) in [5, 5.41) is 16.0. The Bertz CT molecular complexity index is 1080. The highest BCUT2D eigenvalue weighted by atomic mass is 16.6. The number of carbonyl (C=O) groups is 2. The van der Waals surface area contributed by atoms with E-state index in [2.05, 4.69) is 20.3 Å². The lowest BCUT2D eigenvalue weighted by Crippen LogP contribution is -2.34. The average molecular weight is 450 g/mol. The van der Waals surface area contributed by atoms with Crippen LogP contribution >= 0.6 is 0 Å². The van der Waals surface area contributed by atoms with Gasteiger partial charge in [0.2, 0.25) is 0 Å². The Morgan fingerprint density at radius 3 is 2.58 bits per heavy atom. The lowest BCUT2D eigenvalue weighted by Gasteiger charge is -2.32. The van der Waals surface area contributed by atoms with Crippen LogP contribution in [0.4, 0.5) is 16.4 Å². The summed E-state index contributed by atoms with van der Waals surface area (Å²) in [4.78, 5) is 30.0. The molecule has 172 valence electrons. The van der Waals surface area contributed by atoms with E-state index in [9.17, 15) is 9.59 Å². The Labute approximate surface area is 192 Å². The van der Waals surface area contributed by atoms with Gasteiger partial charge < -0.3 is 14.7 Å². The highest BCUT2D eigenvalue weighted by Crippen LogP contribution is 2.25. The third-order valence-corrected chi connectivity index (χ3v) is 5.80. The summed E-state index contributed by atoms with van der Waals surface area (Å²) in [6.07, 6.45) is 4.25. The minimum absolute atomic E-state index is 0.222. The van der Waals surface area contributed by atoms with E-state index >= 15 is 0 Å². The van der Waals surface area contributed by atoms with Crippen LogP contribution in [0.15, 0.2) is 60.9 Å². The van der Waals surface area contributed by atoms with Gasteiger partial charge in [-0.3, -0.25) is 10.1 Å². The van der Waals surface area contributed by atoms with Crippen LogP contribution in [0.2, 0.25) is 0 Å². The molecule has 1 aliphatic heterocycles. The second-order valence-corrected chi connectivity index (χ2v) is 8.11. The molecule has 0 radical (unpaired) electrons. The highest BCUT2D eigenvalue weighted by molar-refractivity contribution is 5.84. The Morgan fingerprint density at radius 2 is 1.91 bits per heavy atom. The van der Waals surface area contributed by atoms with E-state index in [-0.39, 0.29) is 18.4 Å². The quantitative estimate of drug-likeness (QED) is 0.554. The molecule has 1 aliphatic rings. The van der Waals surface area contributed by atoms with Crippen LogP contribution in [0.5, 0.6) is 0 Å². The Morgan fingerprint density at radius 1 is 1.15 bits per heavy atom. The molecule has 1 atom stereocenters. The predicted octanol–water partition coefficient (Wildman–Crippen LogP) is 4.27. The predicted molar refractivity (Wildman–Crippen MR) is 124 cm³/mol. The normalized spacial score (nSPS) is 15.1. The molecule has 4 rings (SSSR count). The number of aliphatic carboxylic acids is 1. The lowest BCUT2D eigenvalue weighted by atomic mass is 9.94. The van der Waals surface area contributed by atoms with Crippen molar-refractivity contribution in [2.45, 2.75) is 32.3 Å². The standard InChI is InChI=1S/C24H27N5O4/c1-17(19-5-3-2-4-6-19)33-24(32)27-22-9-12-26-29(22)20-7-8-21(25-16-20)28-13-10-18(11-14-28)15-23(30)31/h2-9,12,16-18H,10-11,13-15H2,1H3,(H,27,32)(H,30,31). The summed E-state index contributed by atoms with van der Waals surface area (Å²) >= 11 is 0. The monoisotopic (exact) mass is 449 g/mol. The molecule has 2 N–H and O–H groups in total. The molecule has 33 heavy (non-hydrogen) atoms. The second kappa shape index (κ2) is 10.2. The fraction of sp³-hybridized carbons (Fsp3) is 0.333. The summed E-state index contributed by atoms with van der Waals surface area (Å²) in [7, 11) is 0. The zero-order chi connectivity index (χ0) is 23.2. The molecule has 0 bridgehead atoms. The largest absolute Gasteiger partial charge is 0.481 e. The number of nitrogens with one attached hydrogen (secondary N) is 1. The maximum absolute atomic E-state index is 12.4. The van der Waals surface area contributed by atoms with Crippen LogP contribution in [-0.2, 0) is 9.53 Å². The van der Waals surface area contributed by atoms with E-state index in [1.165, 1.54) is 0 Å². The summed E-state index contributed by atoms with van der Waals surface area (Å²) in [5.41, 5.74) is 1.61. The van der Waals surface area contributed by atoms with Crippen molar-refractivity contribution in [3.63, 3.8) is 0 Å². The van der Waals surface area contributed by atoms with Gasteiger partial charge in [-0.15, -0.1) is 0 Å². The van der Waals surface area contributed by atoms with E-state index in [0.29, 0.717) is 11.5 Å². The number of pyridine rings is 1. The van der Waals surface area contributed by atoms with Crippen molar-refractivity contribution < 1.29 is 19.4 Å². The molecule has 0 saturated carbocycles. The van der Waals surface area contributed by atoms with E-state index in [0.717, 1.165) is 37.3 Å². The highest BCUT2D eigenvalue weighted by Gasteiger charge is 2.22. The van der Waals surface area contributed by atoms with E-state index in [1.807, 2.05) is 49.4 Å². The van der Waals surface area contributed by atoms with Gasteiger partial charge in [-0.25, -0.2) is 14.5 Å². The molecule has 9 nitrogen and oxygen atoms in total. The van der Waals surface area contributed by atoms with Gasteiger partial charge in [0.05, 0.1) is 18.1 Å². The smallest absolute Gasteiger partial charge is 0.413 e. The zero-order valence-corrected chi connectivity index (χ0v) is 18.4. The number of carboxylic acids is 1. The fourth-order valence-corrected chi connectivity index (χ4v) is 3.99. The van der Waals surface area contributed by atoms with Crippen molar-refractivity contribution in [2.75, 3.05) is 23.3 Å². The number of aromatic nitrogens is 3. The molecule has 0 spiro atoms. The summed E-state index contributed by atoms with van der Waals surface area (Å²) < 4.78 is 7.07. The number of anilines is 2. The van der Waals surface area contributed by atoms with Gasteiger partial charge in [0, 0.05) is 25.6 Å². The number of amides is 1. The molecule has 1 unspecified atom stereocenters. The number of ether oxygens (including phenoxy) is 1. The Hall–Kier alpha value is -3.88. The van der Waals surface area contributed by atoms with Gasteiger partial charge in [-0.2, -0.15) is 5.10 Å². The first-order valence-corrected chi connectivity index (χ1v) is 11.0. The van der Waals surface area contributed by atoms with E-state index < -0.39 is 12.1 Å². The van der Waals surface area contributed by atoms with Gasteiger partial charge >= 0.3 is 12.1 Å². The van der Waals surface area contributed by atoms with Crippen LogP contribution in [0.3, 0.4) is 0 Å². The lowest BCUT2D eigenvalue weighted by molar-refractivity contribution is -0.138. The van der Waals surface area contributed by atoms with Crippen molar-refractivity contribution in [2.24, 2.45) is 5.92 Å². The maximum atomic E-state index is 12.4. The van der Waals surface area contributed by atoms with Crippen molar-refractivity contribution in [1.82, 2.24) is 14.8 Å². The molecular weight excluding hydrogens is 422 g/mol. The number of benzene rings is 1. The molecule has 2 aromatic heterocycles. The maximum Gasteiger partial charge on any atom is 0.413 e. The number of piperidine rings is 1. The molecule has 3 heterocycles. The topological polar surface area (TPSA) is 110 Å².